The topological polar surface area (TPSA) is 86.8 Å². The van der Waals surface area contributed by atoms with Gasteiger partial charge >= 0.3 is 10.2 Å². The molecule has 0 aromatic carbocycles. The SMILES string of the molecule is CN(C)S(=O)(=O)Nc1ccc(NCCN2CCOCC2)cn1. The zero-order valence-electron chi connectivity index (χ0n) is 12.9. The summed E-state index contributed by atoms with van der Waals surface area (Å²) in [4.78, 5) is 6.44. The number of morpholine rings is 1. The van der Waals surface area contributed by atoms with Crippen molar-refractivity contribution in [2.75, 3.05) is 63.5 Å². The molecule has 8 nitrogen and oxygen atoms in total. The van der Waals surface area contributed by atoms with Crippen LogP contribution in [0.4, 0.5) is 11.5 Å². The number of pyridine rings is 1. The van der Waals surface area contributed by atoms with Crippen LogP contribution in [0.1, 0.15) is 0 Å². The van der Waals surface area contributed by atoms with Crippen LogP contribution in [0.5, 0.6) is 0 Å². The molecule has 0 atom stereocenters. The molecule has 22 heavy (non-hydrogen) atoms. The Hall–Kier alpha value is -1.42. The Balaban J connectivity index is 1.79. The minimum absolute atomic E-state index is 0.299. The first kappa shape index (κ1) is 16.9. The number of anilines is 2. The van der Waals surface area contributed by atoms with Gasteiger partial charge in [0.2, 0.25) is 0 Å². The van der Waals surface area contributed by atoms with Gasteiger partial charge in [0.1, 0.15) is 5.82 Å². The van der Waals surface area contributed by atoms with Crippen molar-refractivity contribution >= 4 is 21.7 Å². The molecule has 1 saturated heterocycles. The van der Waals surface area contributed by atoms with Gasteiger partial charge in [-0.25, -0.2) is 4.98 Å². The lowest BCUT2D eigenvalue weighted by molar-refractivity contribution is 0.0398. The largest absolute Gasteiger partial charge is 0.383 e. The van der Waals surface area contributed by atoms with Crippen LogP contribution < -0.4 is 10.0 Å². The molecular formula is C13H23N5O3S. The summed E-state index contributed by atoms with van der Waals surface area (Å²) in [5, 5.41) is 3.27. The summed E-state index contributed by atoms with van der Waals surface area (Å²) in [5.41, 5.74) is 0.862. The van der Waals surface area contributed by atoms with Crippen LogP contribution in [-0.4, -0.2) is 76.1 Å². The molecule has 0 saturated carbocycles. The highest BCUT2D eigenvalue weighted by molar-refractivity contribution is 7.90. The highest BCUT2D eigenvalue weighted by atomic mass is 32.2. The van der Waals surface area contributed by atoms with E-state index in [1.165, 1.54) is 14.1 Å². The molecule has 0 amide bonds. The first-order chi connectivity index (χ1) is 10.5. The maximum atomic E-state index is 11.7. The zero-order chi connectivity index (χ0) is 16.0. The molecular weight excluding hydrogens is 306 g/mol. The molecule has 1 aliphatic heterocycles. The van der Waals surface area contributed by atoms with Gasteiger partial charge in [0, 0.05) is 40.3 Å². The fourth-order valence-electron chi connectivity index (χ4n) is 1.97. The van der Waals surface area contributed by atoms with Crippen molar-refractivity contribution < 1.29 is 13.2 Å². The fourth-order valence-corrected chi connectivity index (χ4v) is 2.53. The van der Waals surface area contributed by atoms with E-state index in [0.717, 1.165) is 49.4 Å². The van der Waals surface area contributed by atoms with E-state index in [1.807, 2.05) is 0 Å². The molecule has 0 radical (unpaired) electrons. The average molecular weight is 329 g/mol. The van der Waals surface area contributed by atoms with E-state index in [-0.39, 0.29) is 0 Å². The summed E-state index contributed by atoms with van der Waals surface area (Å²) in [6.07, 6.45) is 1.62. The van der Waals surface area contributed by atoms with Crippen molar-refractivity contribution in [2.24, 2.45) is 0 Å². The summed E-state index contributed by atoms with van der Waals surface area (Å²) in [6, 6.07) is 3.44. The highest BCUT2D eigenvalue weighted by Crippen LogP contribution is 2.11. The fraction of sp³-hybridized carbons (Fsp3) is 0.615. The van der Waals surface area contributed by atoms with Crippen LogP contribution in [0, 0.1) is 0 Å². The van der Waals surface area contributed by atoms with E-state index in [2.05, 4.69) is 19.9 Å². The normalized spacial score (nSPS) is 16.7. The number of aromatic nitrogens is 1. The van der Waals surface area contributed by atoms with Crippen LogP contribution >= 0.6 is 0 Å². The second kappa shape index (κ2) is 7.73. The maximum Gasteiger partial charge on any atom is 0.302 e. The molecule has 9 heteroatoms. The van der Waals surface area contributed by atoms with Crippen molar-refractivity contribution in [1.82, 2.24) is 14.2 Å². The van der Waals surface area contributed by atoms with Gasteiger partial charge in [-0.2, -0.15) is 12.7 Å². The second-order valence-corrected chi connectivity index (χ2v) is 7.09. The van der Waals surface area contributed by atoms with E-state index in [1.54, 1.807) is 18.3 Å². The number of nitrogens with one attached hydrogen (secondary N) is 2. The van der Waals surface area contributed by atoms with Gasteiger partial charge in [-0.15, -0.1) is 0 Å². The molecule has 0 unspecified atom stereocenters. The molecule has 1 fully saturated rings. The van der Waals surface area contributed by atoms with E-state index in [0.29, 0.717) is 5.82 Å². The lowest BCUT2D eigenvalue weighted by Crippen LogP contribution is -2.39. The number of hydrogen-bond acceptors (Lipinski definition) is 6. The Morgan fingerprint density at radius 2 is 2.05 bits per heavy atom. The maximum absolute atomic E-state index is 11.7. The average Bonchev–Trinajstić information content (AvgIpc) is 2.50. The minimum atomic E-state index is -3.51. The van der Waals surface area contributed by atoms with E-state index >= 15 is 0 Å². The lowest BCUT2D eigenvalue weighted by atomic mass is 10.3. The molecule has 2 N–H and O–H groups in total. The third kappa shape index (κ3) is 5.09. The second-order valence-electron chi connectivity index (χ2n) is 5.20. The molecule has 2 heterocycles. The summed E-state index contributed by atoms with van der Waals surface area (Å²) >= 11 is 0. The van der Waals surface area contributed by atoms with Crippen molar-refractivity contribution in [2.45, 2.75) is 0 Å². The van der Waals surface area contributed by atoms with Gasteiger partial charge in [0.25, 0.3) is 0 Å². The summed E-state index contributed by atoms with van der Waals surface area (Å²) in [6.45, 7) is 5.27. The lowest BCUT2D eigenvalue weighted by Gasteiger charge is -2.26. The number of nitrogens with zero attached hydrogens (tertiary/aromatic N) is 3. The third-order valence-corrected chi connectivity index (χ3v) is 4.77. The van der Waals surface area contributed by atoms with Crippen LogP contribution in [-0.2, 0) is 14.9 Å². The summed E-state index contributed by atoms with van der Waals surface area (Å²) < 4.78 is 32.1. The quantitative estimate of drug-likeness (QED) is 0.735. The predicted octanol–water partition coefficient (Wildman–Crippen LogP) is 0.0440. The van der Waals surface area contributed by atoms with Crippen LogP contribution in [0.3, 0.4) is 0 Å². The molecule has 2 rings (SSSR count). The monoisotopic (exact) mass is 329 g/mol. The van der Waals surface area contributed by atoms with Crippen molar-refractivity contribution in [1.29, 1.82) is 0 Å². The Labute approximate surface area is 131 Å². The minimum Gasteiger partial charge on any atom is -0.383 e. The summed E-state index contributed by atoms with van der Waals surface area (Å²) in [7, 11) is -0.589. The number of hydrogen-bond donors (Lipinski definition) is 2. The highest BCUT2D eigenvalue weighted by Gasteiger charge is 2.13. The molecule has 0 spiro atoms. The van der Waals surface area contributed by atoms with Crippen molar-refractivity contribution in [3.63, 3.8) is 0 Å². The van der Waals surface area contributed by atoms with Gasteiger partial charge < -0.3 is 10.1 Å². The predicted molar refractivity (Wildman–Crippen MR) is 86.2 cm³/mol. The molecule has 0 aliphatic carbocycles. The van der Waals surface area contributed by atoms with Gasteiger partial charge in [-0.3, -0.25) is 9.62 Å². The van der Waals surface area contributed by atoms with Gasteiger partial charge in [-0.1, -0.05) is 0 Å². The van der Waals surface area contributed by atoms with E-state index < -0.39 is 10.2 Å². The Morgan fingerprint density at radius 3 is 2.64 bits per heavy atom. The van der Waals surface area contributed by atoms with Crippen LogP contribution in [0.2, 0.25) is 0 Å². The number of ether oxygens (including phenoxy) is 1. The summed E-state index contributed by atoms with van der Waals surface area (Å²) in [5.74, 6) is 0.299. The van der Waals surface area contributed by atoms with Gasteiger partial charge in [-0.05, 0) is 12.1 Å². The van der Waals surface area contributed by atoms with Gasteiger partial charge in [0.15, 0.2) is 0 Å². The molecule has 0 bridgehead atoms. The van der Waals surface area contributed by atoms with Crippen molar-refractivity contribution in [3.8, 4) is 0 Å². The zero-order valence-corrected chi connectivity index (χ0v) is 13.8. The van der Waals surface area contributed by atoms with Crippen LogP contribution in [0.25, 0.3) is 0 Å². The van der Waals surface area contributed by atoms with Crippen LogP contribution in [0.15, 0.2) is 18.3 Å². The Kier molecular flexibility index (Phi) is 5.95. The number of rotatable bonds is 7. The first-order valence-corrected chi connectivity index (χ1v) is 8.62. The van der Waals surface area contributed by atoms with E-state index in [4.69, 9.17) is 4.74 Å². The Bertz CT molecular complexity index is 556. The molecule has 1 aromatic rings. The van der Waals surface area contributed by atoms with Crippen molar-refractivity contribution in [3.05, 3.63) is 18.3 Å². The molecule has 1 aliphatic rings. The Morgan fingerprint density at radius 1 is 1.32 bits per heavy atom. The van der Waals surface area contributed by atoms with Gasteiger partial charge in [0.05, 0.1) is 25.1 Å². The standard InChI is InChI=1S/C13H23N5O3S/c1-17(2)22(19,20)16-13-4-3-12(11-15-13)14-5-6-18-7-9-21-10-8-18/h3-4,11,14H,5-10H2,1-2H3,(H,15,16). The third-order valence-electron chi connectivity index (χ3n) is 3.34. The van der Waals surface area contributed by atoms with E-state index in [9.17, 15) is 8.42 Å². The molecule has 124 valence electrons. The first-order valence-electron chi connectivity index (χ1n) is 7.18. The smallest absolute Gasteiger partial charge is 0.302 e. The molecule has 1 aromatic heterocycles.